The molecule has 0 radical (unpaired) electrons. The maximum absolute atomic E-state index is 13.1. The van der Waals surface area contributed by atoms with Crippen LogP contribution >= 0.6 is 15.9 Å². The lowest BCUT2D eigenvalue weighted by Crippen LogP contribution is -2.84. The first kappa shape index (κ1) is 9.11. The molecule has 72 valence electrons. The summed E-state index contributed by atoms with van der Waals surface area (Å²) < 4.78 is 60.0. The fourth-order valence-electron chi connectivity index (χ4n) is 1.46. The standard InChI is InChI=1S/C6BrF5O/c7-6(12)3(13)4(10)1(8)2(9)5(4,6)11/t4-,5-,6-/m1/s1. The van der Waals surface area contributed by atoms with E-state index in [0.717, 1.165) is 0 Å². The van der Waals surface area contributed by atoms with Crippen LogP contribution in [0.25, 0.3) is 0 Å². The molecule has 0 aromatic carbocycles. The Labute approximate surface area is 76.7 Å². The van der Waals surface area contributed by atoms with Gasteiger partial charge in [0.25, 0.3) is 15.9 Å². The van der Waals surface area contributed by atoms with Gasteiger partial charge in [0.2, 0.25) is 5.78 Å². The molecule has 0 aliphatic heterocycles. The Morgan fingerprint density at radius 2 is 1.54 bits per heavy atom. The lowest BCUT2D eigenvalue weighted by molar-refractivity contribution is -0.203. The summed E-state index contributed by atoms with van der Waals surface area (Å²) >= 11 is 1.87. The Kier molecular flexibility index (Phi) is 1.28. The molecule has 0 aromatic rings. The molecule has 0 heterocycles. The topological polar surface area (TPSA) is 17.1 Å². The van der Waals surface area contributed by atoms with Gasteiger partial charge in [-0.1, -0.05) is 0 Å². The van der Waals surface area contributed by atoms with Gasteiger partial charge in [-0.05, 0) is 15.9 Å². The largest absolute Gasteiger partial charge is 0.291 e. The number of carbonyl (C=O) groups is 1. The molecular formula is C6BrF5O. The van der Waals surface area contributed by atoms with Crippen molar-refractivity contribution < 1.29 is 26.7 Å². The number of fused-ring (bicyclic) bond motifs is 1. The normalized spacial score (nSPS) is 54.2. The first-order valence-electron chi connectivity index (χ1n) is 3.09. The van der Waals surface area contributed by atoms with Crippen molar-refractivity contribution >= 4 is 21.7 Å². The van der Waals surface area contributed by atoms with Crippen LogP contribution in [0, 0.1) is 0 Å². The van der Waals surface area contributed by atoms with E-state index in [-0.39, 0.29) is 0 Å². The van der Waals surface area contributed by atoms with Crippen molar-refractivity contribution in [3.05, 3.63) is 11.7 Å². The minimum Gasteiger partial charge on any atom is -0.291 e. The van der Waals surface area contributed by atoms with Gasteiger partial charge in [0.15, 0.2) is 11.7 Å². The van der Waals surface area contributed by atoms with Crippen LogP contribution in [0.15, 0.2) is 11.7 Å². The third kappa shape index (κ3) is 0.506. The third-order valence-electron chi connectivity index (χ3n) is 2.30. The predicted molar refractivity (Wildman–Crippen MR) is 34.7 cm³/mol. The summed E-state index contributed by atoms with van der Waals surface area (Å²) in [4.78, 5) is 10.6. The molecular weight excluding hydrogens is 263 g/mol. The second-order valence-electron chi connectivity index (χ2n) is 2.85. The molecule has 3 atom stereocenters. The Balaban J connectivity index is 2.63. The number of hydrogen-bond donors (Lipinski definition) is 0. The fourth-order valence-corrected chi connectivity index (χ4v) is 2.18. The lowest BCUT2D eigenvalue weighted by Gasteiger charge is -2.56. The summed E-state index contributed by atoms with van der Waals surface area (Å²) in [5.74, 6) is -6.36. The van der Waals surface area contributed by atoms with Crippen molar-refractivity contribution in [2.45, 2.75) is 15.9 Å². The number of hydrogen-bond acceptors (Lipinski definition) is 1. The van der Waals surface area contributed by atoms with Crippen LogP contribution in [-0.2, 0) is 4.79 Å². The summed E-state index contributed by atoms with van der Waals surface area (Å²) in [7, 11) is 0. The van der Waals surface area contributed by atoms with Crippen molar-refractivity contribution in [3.8, 4) is 0 Å². The van der Waals surface area contributed by atoms with E-state index >= 15 is 0 Å². The molecule has 1 nitrogen and oxygen atoms in total. The van der Waals surface area contributed by atoms with Gasteiger partial charge in [-0.15, -0.1) is 0 Å². The highest BCUT2D eigenvalue weighted by molar-refractivity contribution is 9.10. The van der Waals surface area contributed by atoms with Crippen LogP contribution in [0.5, 0.6) is 0 Å². The smallest absolute Gasteiger partial charge is 0.271 e. The van der Waals surface area contributed by atoms with E-state index in [1.807, 2.05) is 15.9 Å². The highest BCUT2D eigenvalue weighted by Crippen LogP contribution is 2.71. The summed E-state index contributed by atoms with van der Waals surface area (Å²) in [6.45, 7) is 0. The zero-order chi connectivity index (χ0) is 10.2. The fraction of sp³-hybridized carbons (Fsp3) is 0.500. The van der Waals surface area contributed by atoms with E-state index in [1.165, 1.54) is 0 Å². The van der Waals surface area contributed by atoms with Crippen molar-refractivity contribution in [2.75, 3.05) is 0 Å². The average molecular weight is 263 g/mol. The van der Waals surface area contributed by atoms with Crippen molar-refractivity contribution in [3.63, 3.8) is 0 Å². The van der Waals surface area contributed by atoms with Gasteiger partial charge in [-0.3, -0.25) is 4.79 Å². The van der Waals surface area contributed by atoms with Crippen molar-refractivity contribution in [2.24, 2.45) is 0 Å². The second-order valence-corrected chi connectivity index (χ2v) is 3.94. The van der Waals surface area contributed by atoms with Crippen LogP contribution < -0.4 is 0 Å². The van der Waals surface area contributed by atoms with Gasteiger partial charge < -0.3 is 0 Å². The summed E-state index contributed by atoms with van der Waals surface area (Å²) in [5.41, 5.74) is -7.60. The quantitative estimate of drug-likeness (QED) is 0.483. The summed E-state index contributed by atoms with van der Waals surface area (Å²) in [6, 6.07) is 0. The second kappa shape index (κ2) is 1.82. The molecule has 2 aliphatic rings. The molecule has 0 bridgehead atoms. The van der Waals surface area contributed by atoms with Crippen LogP contribution in [0.3, 0.4) is 0 Å². The van der Waals surface area contributed by atoms with E-state index < -0.39 is 33.4 Å². The highest BCUT2D eigenvalue weighted by Gasteiger charge is 2.95. The average Bonchev–Trinajstić information content (AvgIpc) is 2.11. The molecule has 0 aromatic heterocycles. The van der Waals surface area contributed by atoms with Crippen LogP contribution in [-0.4, -0.2) is 21.7 Å². The van der Waals surface area contributed by atoms with Crippen LogP contribution in [0.4, 0.5) is 22.0 Å². The number of Topliss-reactive ketones (excluding diaryl/α,β-unsaturated/α-hetero) is 1. The van der Waals surface area contributed by atoms with E-state index in [0.29, 0.717) is 0 Å². The Bertz CT molecular complexity index is 364. The van der Waals surface area contributed by atoms with Crippen molar-refractivity contribution in [1.82, 2.24) is 0 Å². The SMILES string of the molecule is O=C1[C@]2(F)C(F)=C(F)[C@]2(F)[C@@]1(F)Br. The molecule has 7 heteroatoms. The summed E-state index contributed by atoms with van der Waals surface area (Å²) in [5, 5.41) is 0. The van der Waals surface area contributed by atoms with Crippen LogP contribution in [0.1, 0.15) is 0 Å². The Morgan fingerprint density at radius 3 is 1.92 bits per heavy atom. The molecule has 0 spiro atoms. The zero-order valence-corrected chi connectivity index (χ0v) is 7.26. The molecule has 1 fully saturated rings. The minimum absolute atomic E-state index is 1.87. The number of rotatable bonds is 0. The minimum atomic E-state index is -3.83. The maximum atomic E-state index is 13.1. The van der Waals surface area contributed by atoms with Crippen LogP contribution in [0.2, 0.25) is 0 Å². The number of carbonyl (C=O) groups excluding carboxylic acids is 1. The number of halogens is 6. The molecule has 0 N–H and O–H groups in total. The molecule has 0 unspecified atom stereocenters. The molecule has 2 rings (SSSR count). The predicted octanol–water partition coefficient (Wildman–Crippen LogP) is 2.21. The van der Waals surface area contributed by atoms with E-state index in [1.54, 1.807) is 0 Å². The van der Waals surface area contributed by atoms with Gasteiger partial charge in [-0.25, -0.2) is 22.0 Å². The number of alkyl halides is 4. The van der Waals surface area contributed by atoms with E-state index in [4.69, 9.17) is 0 Å². The van der Waals surface area contributed by atoms with Gasteiger partial charge in [0.05, 0.1) is 0 Å². The molecule has 1 saturated carbocycles. The van der Waals surface area contributed by atoms with Gasteiger partial charge in [-0.2, -0.15) is 0 Å². The number of allylic oxidation sites excluding steroid dienone is 2. The highest BCUT2D eigenvalue weighted by atomic mass is 79.9. The summed E-state index contributed by atoms with van der Waals surface area (Å²) in [6.07, 6.45) is 0. The lowest BCUT2D eigenvalue weighted by atomic mass is 9.56. The maximum Gasteiger partial charge on any atom is 0.271 e. The molecule has 2 aliphatic carbocycles. The zero-order valence-electron chi connectivity index (χ0n) is 5.68. The first-order valence-corrected chi connectivity index (χ1v) is 3.88. The van der Waals surface area contributed by atoms with E-state index in [9.17, 15) is 26.7 Å². The van der Waals surface area contributed by atoms with Gasteiger partial charge in [0, 0.05) is 0 Å². The Hall–Kier alpha value is -0.460. The molecule has 0 amide bonds. The van der Waals surface area contributed by atoms with Gasteiger partial charge in [0.1, 0.15) is 0 Å². The first-order chi connectivity index (χ1) is 5.72. The molecule has 0 saturated heterocycles. The third-order valence-corrected chi connectivity index (χ3v) is 3.21. The number of ketones is 1. The van der Waals surface area contributed by atoms with Gasteiger partial charge >= 0.3 is 0 Å². The van der Waals surface area contributed by atoms with E-state index in [2.05, 4.69) is 0 Å². The monoisotopic (exact) mass is 262 g/mol. The Morgan fingerprint density at radius 1 is 1.08 bits per heavy atom. The van der Waals surface area contributed by atoms with Crippen molar-refractivity contribution in [1.29, 1.82) is 0 Å². The molecule has 13 heavy (non-hydrogen) atoms.